The molecule has 0 bridgehead atoms. The van der Waals surface area contributed by atoms with Gasteiger partial charge in [0.05, 0.1) is 22.6 Å². The summed E-state index contributed by atoms with van der Waals surface area (Å²) >= 11 is 6.32. The largest absolute Gasteiger partial charge is 0.321 e. The van der Waals surface area contributed by atoms with Gasteiger partial charge in [-0.05, 0) is 73.2 Å². The van der Waals surface area contributed by atoms with Crippen LogP contribution in [0.5, 0.6) is 0 Å². The smallest absolute Gasteiger partial charge is 0.260 e. The number of carbonyl (C=O) groups is 1. The quantitative estimate of drug-likeness (QED) is 0.434. The second kappa shape index (κ2) is 8.40. The standard InChI is InChI=1S/C26H23ClN2O2/c1-16-11-12-21(13-18(16)3)29(26(31)22-9-4-5-10-23(22)27)15-20-14-19-8-6-7-17(2)24(19)28-25(20)30/h4-14H,15H2,1-3H3,(H,28,30). The van der Waals surface area contributed by atoms with Gasteiger partial charge in [0.25, 0.3) is 11.5 Å². The summed E-state index contributed by atoms with van der Waals surface area (Å²) in [6, 6.07) is 20.5. The molecule has 4 aromatic rings. The average Bonchev–Trinajstić information content (AvgIpc) is 2.75. The third kappa shape index (κ3) is 4.12. The number of halogens is 1. The third-order valence-electron chi connectivity index (χ3n) is 5.64. The molecule has 0 aliphatic rings. The topological polar surface area (TPSA) is 53.2 Å². The van der Waals surface area contributed by atoms with Gasteiger partial charge in [0.1, 0.15) is 0 Å². The minimum atomic E-state index is -0.252. The molecule has 0 aliphatic carbocycles. The number of amides is 1. The number of nitrogens with one attached hydrogen (secondary N) is 1. The maximum Gasteiger partial charge on any atom is 0.260 e. The van der Waals surface area contributed by atoms with Crippen LogP contribution in [-0.2, 0) is 6.54 Å². The van der Waals surface area contributed by atoms with Crippen molar-refractivity contribution >= 4 is 34.1 Å². The minimum absolute atomic E-state index is 0.131. The first-order valence-electron chi connectivity index (χ1n) is 10.1. The number of anilines is 1. The zero-order valence-corrected chi connectivity index (χ0v) is 18.5. The highest BCUT2D eigenvalue weighted by molar-refractivity contribution is 6.34. The normalized spacial score (nSPS) is 11.0. The van der Waals surface area contributed by atoms with Gasteiger partial charge in [0, 0.05) is 11.3 Å². The van der Waals surface area contributed by atoms with Crippen LogP contribution in [0.25, 0.3) is 10.9 Å². The van der Waals surface area contributed by atoms with Gasteiger partial charge in [-0.25, -0.2) is 0 Å². The zero-order valence-electron chi connectivity index (χ0n) is 17.7. The number of nitrogens with zero attached hydrogens (tertiary/aromatic N) is 1. The number of pyridine rings is 1. The van der Waals surface area contributed by atoms with Crippen LogP contribution in [-0.4, -0.2) is 10.9 Å². The molecule has 1 amide bonds. The van der Waals surface area contributed by atoms with Gasteiger partial charge in [0.2, 0.25) is 0 Å². The summed E-state index contributed by atoms with van der Waals surface area (Å²) in [5.41, 5.74) is 5.43. The molecule has 0 aliphatic heterocycles. The number of benzene rings is 3. The molecule has 0 fully saturated rings. The van der Waals surface area contributed by atoms with E-state index in [1.54, 1.807) is 29.2 Å². The Hall–Kier alpha value is -3.37. The third-order valence-corrected chi connectivity index (χ3v) is 5.97. The molecule has 31 heavy (non-hydrogen) atoms. The van der Waals surface area contributed by atoms with Crippen LogP contribution in [0.4, 0.5) is 5.69 Å². The lowest BCUT2D eigenvalue weighted by Gasteiger charge is -2.24. The van der Waals surface area contributed by atoms with Crippen LogP contribution in [0.15, 0.2) is 71.5 Å². The molecular weight excluding hydrogens is 408 g/mol. The van der Waals surface area contributed by atoms with E-state index in [2.05, 4.69) is 4.98 Å². The summed E-state index contributed by atoms with van der Waals surface area (Å²) in [5, 5.41) is 1.31. The summed E-state index contributed by atoms with van der Waals surface area (Å²) < 4.78 is 0. The lowest BCUT2D eigenvalue weighted by molar-refractivity contribution is 0.0985. The lowest BCUT2D eigenvalue weighted by Crippen LogP contribution is -2.33. The number of fused-ring (bicyclic) bond motifs is 1. The Balaban J connectivity index is 1.83. The van der Waals surface area contributed by atoms with Crippen molar-refractivity contribution in [2.45, 2.75) is 27.3 Å². The van der Waals surface area contributed by atoms with Crippen molar-refractivity contribution in [1.29, 1.82) is 0 Å². The fourth-order valence-corrected chi connectivity index (χ4v) is 3.89. The second-order valence-electron chi connectivity index (χ2n) is 7.80. The van der Waals surface area contributed by atoms with E-state index in [9.17, 15) is 9.59 Å². The average molecular weight is 431 g/mol. The summed E-state index contributed by atoms with van der Waals surface area (Å²) in [6.07, 6.45) is 0. The summed E-state index contributed by atoms with van der Waals surface area (Å²) in [6.45, 7) is 6.12. The van der Waals surface area contributed by atoms with E-state index in [1.807, 2.05) is 63.2 Å². The Morgan fingerprint density at radius 1 is 0.903 bits per heavy atom. The van der Waals surface area contributed by atoms with Gasteiger partial charge < -0.3 is 9.88 Å². The van der Waals surface area contributed by atoms with Crippen molar-refractivity contribution in [2.75, 3.05) is 4.90 Å². The van der Waals surface area contributed by atoms with Crippen LogP contribution in [0.1, 0.15) is 32.6 Å². The monoisotopic (exact) mass is 430 g/mol. The van der Waals surface area contributed by atoms with E-state index in [1.165, 1.54) is 0 Å². The minimum Gasteiger partial charge on any atom is -0.321 e. The highest BCUT2D eigenvalue weighted by Crippen LogP contribution is 2.26. The molecule has 4 rings (SSSR count). The molecule has 0 saturated heterocycles. The molecule has 5 heteroatoms. The van der Waals surface area contributed by atoms with Gasteiger partial charge in [-0.3, -0.25) is 9.59 Å². The number of hydrogen-bond donors (Lipinski definition) is 1. The molecule has 0 unspecified atom stereocenters. The fraction of sp³-hybridized carbons (Fsp3) is 0.154. The second-order valence-corrected chi connectivity index (χ2v) is 8.21. The van der Waals surface area contributed by atoms with E-state index >= 15 is 0 Å². The molecule has 0 saturated carbocycles. The summed E-state index contributed by atoms with van der Waals surface area (Å²) in [5.74, 6) is -0.252. The predicted octanol–water partition coefficient (Wildman–Crippen LogP) is 5.95. The van der Waals surface area contributed by atoms with Crippen LogP contribution >= 0.6 is 11.6 Å². The molecule has 3 aromatic carbocycles. The van der Waals surface area contributed by atoms with Crippen LogP contribution < -0.4 is 10.5 Å². The predicted molar refractivity (Wildman–Crippen MR) is 127 cm³/mol. The number of aromatic amines is 1. The number of aromatic nitrogens is 1. The van der Waals surface area contributed by atoms with Crippen molar-refractivity contribution in [3.05, 3.63) is 110 Å². The number of para-hydroxylation sites is 1. The van der Waals surface area contributed by atoms with Gasteiger partial charge in [-0.1, -0.05) is 48.0 Å². The van der Waals surface area contributed by atoms with E-state index in [0.29, 0.717) is 16.1 Å². The number of carbonyl (C=O) groups excluding carboxylic acids is 1. The van der Waals surface area contributed by atoms with Crippen molar-refractivity contribution < 1.29 is 4.79 Å². The van der Waals surface area contributed by atoms with Crippen molar-refractivity contribution in [1.82, 2.24) is 4.98 Å². The lowest BCUT2D eigenvalue weighted by atomic mass is 10.1. The molecule has 156 valence electrons. The molecule has 4 nitrogen and oxygen atoms in total. The SMILES string of the molecule is Cc1ccc(N(Cc2cc3cccc(C)c3[nH]c2=O)C(=O)c2ccccc2Cl)cc1C. The highest BCUT2D eigenvalue weighted by Gasteiger charge is 2.22. The van der Waals surface area contributed by atoms with E-state index in [4.69, 9.17) is 11.6 Å². The van der Waals surface area contributed by atoms with Crippen molar-refractivity contribution in [3.63, 3.8) is 0 Å². The maximum atomic E-state index is 13.5. The first kappa shape index (κ1) is 20.9. The maximum absolute atomic E-state index is 13.5. The van der Waals surface area contributed by atoms with Crippen LogP contribution in [0.3, 0.4) is 0 Å². The molecule has 0 radical (unpaired) electrons. The first-order valence-corrected chi connectivity index (χ1v) is 10.5. The number of rotatable bonds is 4. The Morgan fingerprint density at radius 2 is 1.68 bits per heavy atom. The van der Waals surface area contributed by atoms with Gasteiger partial charge >= 0.3 is 0 Å². The summed E-state index contributed by atoms with van der Waals surface area (Å²) in [7, 11) is 0. The highest BCUT2D eigenvalue weighted by atomic mass is 35.5. The number of hydrogen-bond acceptors (Lipinski definition) is 2. The Labute approximate surface area is 186 Å². The van der Waals surface area contributed by atoms with Crippen LogP contribution in [0.2, 0.25) is 5.02 Å². The van der Waals surface area contributed by atoms with E-state index < -0.39 is 0 Å². The van der Waals surface area contributed by atoms with Crippen molar-refractivity contribution in [2.24, 2.45) is 0 Å². The van der Waals surface area contributed by atoms with E-state index in [0.717, 1.165) is 33.3 Å². The molecule has 0 spiro atoms. The van der Waals surface area contributed by atoms with Gasteiger partial charge in [-0.2, -0.15) is 0 Å². The number of H-pyrrole nitrogens is 1. The summed E-state index contributed by atoms with van der Waals surface area (Å²) in [4.78, 5) is 31.0. The van der Waals surface area contributed by atoms with Gasteiger partial charge in [-0.15, -0.1) is 0 Å². The molecule has 0 atom stereocenters. The first-order chi connectivity index (χ1) is 14.8. The van der Waals surface area contributed by atoms with Crippen LogP contribution in [0, 0.1) is 20.8 Å². The number of aryl methyl sites for hydroxylation is 3. The molecule has 1 N–H and O–H groups in total. The fourth-order valence-electron chi connectivity index (χ4n) is 3.67. The Morgan fingerprint density at radius 3 is 2.42 bits per heavy atom. The molecule has 1 heterocycles. The Kier molecular flexibility index (Phi) is 5.66. The van der Waals surface area contributed by atoms with E-state index in [-0.39, 0.29) is 18.0 Å². The van der Waals surface area contributed by atoms with Crippen molar-refractivity contribution in [3.8, 4) is 0 Å². The van der Waals surface area contributed by atoms with Gasteiger partial charge in [0.15, 0.2) is 0 Å². The molecule has 1 aromatic heterocycles. The zero-order chi connectivity index (χ0) is 22.1. The Bertz CT molecular complexity index is 1360. The molecular formula is C26H23ClN2O2.